The van der Waals surface area contributed by atoms with Crippen molar-refractivity contribution in [1.29, 1.82) is 0 Å². The Morgan fingerprint density at radius 2 is 2.08 bits per heavy atom. The normalized spacial score (nSPS) is 17.9. The summed E-state index contributed by atoms with van der Waals surface area (Å²) in [7, 11) is 0. The lowest BCUT2D eigenvalue weighted by molar-refractivity contribution is -0.126. The van der Waals surface area contributed by atoms with Crippen LogP contribution in [0.2, 0.25) is 0 Å². The molecule has 1 aromatic carbocycles. The van der Waals surface area contributed by atoms with Gasteiger partial charge in [0.25, 0.3) is 0 Å². The second-order valence-corrected chi connectivity index (χ2v) is 6.74. The summed E-state index contributed by atoms with van der Waals surface area (Å²) < 4.78 is 0. The highest BCUT2D eigenvalue weighted by Gasteiger charge is 2.25. The van der Waals surface area contributed by atoms with Gasteiger partial charge in [0.2, 0.25) is 5.91 Å². The maximum absolute atomic E-state index is 12.8. The van der Waals surface area contributed by atoms with Gasteiger partial charge in [-0.05, 0) is 43.4 Å². The molecule has 0 saturated heterocycles. The van der Waals surface area contributed by atoms with Crippen molar-refractivity contribution in [3.8, 4) is 0 Å². The van der Waals surface area contributed by atoms with E-state index in [0.29, 0.717) is 12.1 Å². The number of aromatic nitrogens is 3. The predicted octanol–water partition coefficient (Wildman–Crippen LogP) is 3.71. The van der Waals surface area contributed by atoms with Crippen LogP contribution in [0.4, 0.5) is 0 Å². The third kappa shape index (κ3) is 3.52. The van der Waals surface area contributed by atoms with Gasteiger partial charge in [0.15, 0.2) is 5.65 Å². The third-order valence-corrected chi connectivity index (χ3v) is 4.95. The number of rotatable bonds is 5. The van der Waals surface area contributed by atoms with E-state index in [-0.39, 0.29) is 17.9 Å². The second-order valence-electron chi connectivity index (χ2n) is 6.74. The zero-order chi connectivity index (χ0) is 17.8. The fraction of sp³-hybridized carbons (Fsp3) is 0.286. The molecule has 0 radical (unpaired) electrons. The Balaban J connectivity index is 1.63. The second kappa shape index (κ2) is 7.52. The van der Waals surface area contributed by atoms with Gasteiger partial charge in [-0.25, -0.2) is 4.98 Å². The molecule has 1 aliphatic carbocycles. The van der Waals surface area contributed by atoms with Crippen LogP contribution in [0.25, 0.3) is 11.0 Å². The van der Waals surface area contributed by atoms with Crippen LogP contribution in [0.5, 0.6) is 0 Å². The number of carbonyl (C=O) groups is 1. The molecule has 1 aliphatic rings. The maximum atomic E-state index is 12.8. The van der Waals surface area contributed by atoms with Crippen LogP contribution < -0.4 is 5.32 Å². The lowest BCUT2D eigenvalue weighted by atomic mass is 9.92. The van der Waals surface area contributed by atoms with Crippen LogP contribution in [0.3, 0.4) is 0 Å². The van der Waals surface area contributed by atoms with E-state index in [0.717, 1.165) is 30.3 Å². The number of aromatic amines is 1. The van der Waals surface area contributed by atoms with E-state index in [1.807, 2.05) is 30.3 Å². The number of nitrogens with one attached hydrogen (secondary N) is 2. The summed E-state index contributed by atoms with van der Waals surface area (Å²) in [5.41, 5.74) is 2.76. The van der Waals surface area contributed by atoms with Gasteiger partial charge in [-0.3, -0.25) is 9.89 Å². The van der Waals surface area contributed by atoms with E-state index >= 15 is 0 Å². The number of nitrogens with zero attached hydrogens (tertiary/aromatic N) is 2. The molecule has 0 bridgehead atoms. The molecule has 2 aromatic heterocycles. The first-order valence-electron chi connectivity index (χ1n) is 9.09. The van der Waals surface area contributed by atoms with E-state index in [4.69, 9.17) is 0 Å². The van der Waals surface area contributed by atoms with Crippen LogP contribution in [0, 0.1) is 5.92 Å². The highest BCUT2D eigenvalue weighted by Crippen LogP contribution is 2.25. The first kappa shape index (κ1) is 16.5. The molecule has 0 saturated carbocycles. The Morgan fingerprint density at radius 3 is 2.88 bits per heavy atom. The van der Waals surface area contributed by atoms with Crippen molar-refractivity contribution in [2.75, 3.05) is 0 Å². The Labute approximate surface area is 152 Å². The molecule has 5 nitrogen and oxygen atoms in total. The Morgan fingerprint density at radius 1 is 1.19 bits per heavy atom. The van der Waals surface area contributed by atoms with Gasteiger partial charge in [-0.2, -0.15) is 5.10 Å². The summed E-state index contributed by atoms with van der Waals surface area (Å²) in [5, 5.41) is 11.6. The quantitative estimate of drug-likeness (QED) is 0.692. The van der Waals surface area contributed by atoms with Crippen molar-refractivity contribution in [3.05, 3.63) is 72.1 Å². The van der Waals surface area contributed by atoms with Gasteiger partial charge < -0.3 is 5.32 Å². The Kier molecular flexibility index (Phi) is 4.78. The number of benzene rings is 1. The number of allylic oxidation sites excluding steroid dienone is 2. The van der Waals surface area contributed by atoms with Gasteiger partial charge in [-0.15, -0.1) is 0 Å². The molecular formula is C21H22N4O. The summed E-state index contributed by atoms with van der Waals surface area (Å²) in [6.07, 6.45) is 9.39. The molecule has 4 rings (SSSR count). The molecule has 3 aromatic rings. The van der Waals surface area contributed by atoms with Gasteiger partial charge in [0.1, 0.15) is 0 Å². The van der Waals surface area contributed by atoms with Crippen molar-refractivity contribution in [2.24, 2.45) is 5.92 Å². The SMILES string of the molecule is O=C(N[C@@H](Cc1ccccc1)c1[nH]nc2ncccc12)[C@H]1CC=CCC1. The van der Waals surface area contributed by atoms with E-state index < -0.39 is 0 Å². The summed E-state index contributed by atoms with van der Waals surface area (Å²) in [6.45, 7) is 0. The van der Waals surface area contributed by atoms with Gasteiger partial charge in [0, 0.05) is 17.5 Å². The molecule has 0 unspecified atom stereocenters. The third-order valence-electron chi connectivity index (χ3n) is 4.95. The molecule has 5 heteroatoms. The van der Waals surface area contributed by atoms with Crippen molar-refractivity contribution in [3.63, 3.8) is 0 Å². The number of H-pyrrole nitrogens is 1. The van der Waals surface area contributed by atoms with Crippen LogP contribution >= 0.6 is 0 Å². The minimum atomic E-state index is -0.162. The number of carbonyl (C=O) groups excluding carboxylic acids is 1. The minimum absolute atomic E-state index is 0.0468. The van der Waals surface area contributed by atoms with Gasteiger partial charge >= 0.3 is 0 Å². The summed E-state index contributed by atoms with van der Waals surface area (Å²) in [5.74, 6) is 0.160. The lowest BCUT2D eigenvalue weighted by Gasteiger charge is -2.23. The van der Waals surface area contributed by atoms with Crippen LogP contribution in [-0.4, -0.2) is 21.1 Å². The highest BCUT2D eigenvalue weighted by atomic mass is 16.1. The van der Waals surface area contributed by atoms with Crippen molar-refractivity contribution < 1.29 is 4.79 Å². The van der Waals surface area contributed by atoms with E-state index in [1.54, 1.807) is 6.20 Å². The maximum Gasteiger partial charge on any atom is 0.223 e. The van der Waals surface area contributed by atoms with Gasteiger partial charge in [-0.1, -0.05) is 42.5 Å². The number of fused-ring (bicyclic) bond motifs is 1. The average molecular weight is 346 g/mol. The van der Waals surface area contributed by atoms with Crippen LogP contribution in [0.1, 0.15) is 36.6 Å². The molecule has 0 aliphatic heterocycles. The van der Waals surface area contributed by atoms with Crippen LogP contribution in [-0.2, 0) is 11.2 Å². The number of pyridine rings is 1. The average Bonchev–Trinajstić information content (AvgIpc) is 3.13. The number of amides is 1. The van der Waals surface area contributed by atoms with Crippen LogP contribution in [0.15, 0.2) is 60.8 Å². The fourth-order valence-electron chi connectivity index (χ4n) is 3.53. The van der Waals surface area contributed by atoms with Gasteiger partial charge in [0.05, 0.1) is 11.7 Å². The Hall–Kier alpha value is -2.95. The first-order chi connectivity index (χ1) is 12.8. The molecule has 132 valence electrons. The first-order valence-corrected chi connectivity index (χ1v) is 9.09. The fourth-order valence-corrected chi connectivity index (χ4v) is 3.53. The Bertz CT molecular complexity index is 916. The lowest BCUT2D eigenvalue weighted by Crippen LogP contribution is -2.35. The highest BCUT2D eigenvalue weighted by molar-refractivity contribution is 5.82. The molecular weight excluding hydrogens is 324 g/mol. The predicted molar refractivity (Wildman–Crippen MR) is 101 cm³/mol. The molecule has 2 atom stereocenters. The zero-order valence-electron chi connectivity index (χ0n) is 14.6. The monoisotopic (exact) mass is 346 g/mol. The molecule has 0 fully saturated rings. The molecule has 0 spiro atoms. The molecule has 26 heavy (non-hydrogen) atoms. The molecule has 2 heterocycles. The molecule has 2 N–H and O–H groups in total. The largest absolute Gasteiger partial charge is 0.347 e. The molecule has 1 amide bonds. The number of hydrogen-bond acceptors (Lipinski definition) is 3. The minimum Gasteiger partial charge on any atom is -0.347 e. The van der Waals surface area contributed by atoms with E-state index in [2.05, 4.69) is 44.8 Å². The summed E-state index contributed by atoms with van der Waals surface area (Å²) in [4.78, 5) is 17.1. The summed E-state index contributed by atoms with van der Waals surface area (Å²) in [6, 6.07) is 13.9. The number of hydrogen-bond donors (Lipinski definition) is 2. The van der Waals surface area contributed by atoms with Crippen molar-refractivity contribution >= 4 is 16.9 Å². The topological polar surface area (TPSA) is 70.7 Å². The van der Waals surface area contributed by atoms with Crippen molar-refractivity contribution in [2.45, 2.75) is 31.7 Å². The standard InChI is InChI=1S/C21H22N4O/c26-21(16-10-5-2-6-11-16)23-18(14-15-8-3-1-4-9-15)19-17-12-7-13-22-20(17)25-24-19/h1-5,7-9,12-13,16,18H,6,10-11,14H2,(H,23,26)(H,22,24,25)/t16-,18-/m0/s1. The van der Waals surface area contributed by atoms with E-state index in [9.17, 15) is 4.79 Å². The summed E-state index contributed by atoms with van der Waals surface area (Å²) >= 11 is 0. The van der Waals surface area contributed by atoms with E-state index in [1.165, 1.54) is 5.56 Å². The smallest absolute Gasteiger partial charge is 0.223 e. The van der Waals surface area contributed by atoms with Crippen molar-refractivity contribution in [1.82, 2.24) is 20.5 Å². The zero-order valence-corrected chi connectivity index (χ0v) is 14.6.